The Labute approximate surface area is 192 Å². The largest absolute Gasteiger partial charge is 0.492 e. The van der Waals surface area contributed by atoms with Gasteiger partial charge in [-0.1, -0.05) is 78.9 Å². The van der Waals surface area contributed by atoms with Gasteiger partial charge >= 0.3 is 0 Å². The summed E-state index contributed by atoms with van der Waals surface area (Å²) in [5.41, 5.74) is 3.76. The summed E-state index contributed by atoms with van der Waals surface area (Å²) < 4.78 is 6.11. The molecule has 31 heavy (non-hydrogen) atoms. The van der Waals surface area contributed by atoms with Gasteiger partial charge in [0.15, 0.2) is 0 Å². The molecule has 166 valence electrons. The molecule has 1 saturated heterocycles. The highest BCUT2D eigenvalue weighted by Gasteiger charge is 2.18. The van der Waals surface area contributed by atoms with Crippen molar-refractivity contribution in [2.24, 2.45) is 0 Å². The average molecular weight is 441 g/mol. The molecule has 0 amide bonds. The quantitative estimate of drug-likeness (QED) is 0.521. The lowest BCUT2D eigenvalue weighted by Gasteiger charge is -2.32. The number of piperidine rings is 1. The summed E-state index contributed by atoms with van der Waals surface area (Å²) in [5.74, 6) is 0.957. The lowest BCUT2D eigenvalue weighted by atomic mass is 10.0. The predicted octanol–water partition coefficient (Wildman–Crippen LogP) is 4.58. The molecule has 0 bridgehead atoms. The van der Waals surface area contributed by atoms with Crippen LogP contribution in [-0.2, 0) is 6.54 Å². The average Bonchev–Trinajstić information content (AvgIpc) is 2.79. The maximum Gasteiger partial charge on any atom is 0.127 e. The number of hydrogen-bond acceptors (Lipinski definition) is 3. The topological polar surface area (TPSA) is 56.0 Å². The molecule has 1 fully saturated rings. The van der Waals surface area contributed by atoms with Gasteiger partial charge in [-0.15, -0.1) is 12.4 Å². The van der Waals surface area contributed by atoms with E-state index in [9.17, 15) is 0 Å². The maximum atomic E-state index is 6.11. The van der Waals surface area contributed by atoms with Crippen LogP contribution >= 0.6 is 12.4 Å². The molecule has 1 heterocycles. The molecular weight excluding hydrogens is 408 g/mol. The van der Waals surface area contributed by atoms with E-state index >= 15 is 0 Å². The summed E-state index contributed by atoms with van der Waals surface area (Å²) in [7, 11) is 0. The summed E-state index contributed by atoms with van der Waals surface area (Å²) in [4.78, 5) is 2.56. The van der Waals surface area contributed by atoms with Crippen LogP contribution in [0.15, 0.2) is 84.9 Å². The van der Waals surface area contributed by atoms with Crippen molar-refractivity contribution in [3.05, 3.63) is 90.5 Å². The third-order valence-electron chi connectivity index (χ3n) is 5.60. The van der Waals surface area contributed by atoms with Gasteiger partial charge in [0.25, 0.3) is 0 Å². The molecule has 5 heteroatoms. The molecule has 3 aromatic carbocycles. The van der Waals surface area contributed by atoms with Crippen molar-refractivity contribution in [3.63, 3.8) is 0 Å². The normalized spacial score (nSPS) is 14.3. The van der Waals surface area contributed by atoms with Crippen molar-refractivity contribution in [2.75, 3.05) is 26.2 Å². The van der Waals surface area contributed by atoms with Crippen molar-refractivity contribution in [2.45, 2.75) is 25.4 Å². The van der Waals surface area contributed by atoms with E-state index in [1.54, 1.807) is 0 Å². The van der Waals surface area contributed by atoms with Gasteiger partial charge in [-0.3, -0.25) is 4.90 Å². The monoisotopic (exact) mass is 440 g/mol. The molecule has 4 nitrogen and oxygen atoms in total. The molecule has 0 aromatic heterocycles. The fourth-order valence-electron chi connectivity index (χ4n) is 4.01. The van der Waals surface area contributed by atoms with E-state index in [-0.39, 0.29) is 17.9 Å². The molecular formula is C26H33ClN2O2. The summed E-state index contributed by atoms with van der Waals surface area (Å²) in [6, 6.07) is 30.1. The third kappa shape index (κ3) is 7.37. The van der Waals surface area contributed by atoms with Gasteiger partial charge in [0.05, 0.1) is 0 Å². The number of halogens is 1. The van der Waals surface area contributed by atoms with Gasteiger partial charge < -0.3 is 15.5 Å². The van der Waals surface area contributed by atoms with Gasteiger partial charge in [0, 0.05) is 24.7 Å². The fourth-order valence-corrected chi connectivity index (χ4v) is 4.01. The second kappa shape index (κ2) is 13.1. The van der Waals surface area contributed by atoms with Gasteiger partial charge in [-0.2, -0.15) is 0 Å². The molecule has 1 aliphatic rings. The minimum atomic E-state index is 0. The van der Waals surface area contributed by atoms with Crippen LogP contribution in [0, 0.1) is 0 Å². The number of likely N-dealkylation sites (tertiary alicyclic amines) is 1. The van der Waals surface area contributed by atoms with Crippen LogP contribution in [-0.4, -0.2) is 42.7 Å². The van der Waals surface area contributed by atoms with Crippen LogP contribution in [0.4, 0.5) is 0 Å². The van der Waals surface area contributed by atoms with Gasteiger partial charge in [0.2, 0.25) is 0 Å². The van der Waals surface area contributed by atoms with Crippen LogP contribution in [0.5, 0.6) is 5.75 Å². The summed E-state index contributed by atoms with van der Waals surface area (Å²) >= 11 is 0. The Morgan fingerprint density at radius 3 is 2.13 bits per heavy atom. The van der Waals surface area contributed by atoms with Crippen LogP contribution in [0.25, 0.3) is 11.1 Å². The first-order chi connectivity index (χ1) is 14.4. The van der Waals surface area contributed by atoms with Crippen LogP contribution < -0.4 is 10.1 Å². The zero-order chi connectivity index (χ0) is 19.7. The molecule has 0 unspecified atom stereocenters. The maximum absolute atomic E-state index is 6.11. The number of rotatable bonds is 8. The molecule has 4 rings (SSSR count). The number of ether oxygens (including phenoxy) is 1. The summed E-state index contributed by atoms with van der Waals surface area (Å²) in [6.45, 7) is 4.95. The number of para-hydroxylation sites is 1. The molecule has 3 aromatic rings. The highest BCUT2D eigenvalue weighted by atomic mass is 35.5. The number of nitrogens with zero attached hydrogens (tertiary/aromatic N) is 1. The van der Waals surface area contributed by atoms with Crippen molar-refractivity contribution in [3.8, 4) is 16.9 Å². The zero-order valence-corrected chi connectivity index (χ0v) is 18.7. The zero-order valence-electron chi connectivity index (χ0n) is 17.9. The summed E-state index contributed by atoms with van der Waals surface area (Å²) in [6.07, 6.45) is 2.40. The van der Waals surface area contributed by atoms with E-state index in [4.69, 9.17) is 4.74 Å². The van der Waals surface area contributed by atoms with Gasteiger partial charge in [-0.05, 0) is 43.1 Å². The van der Waals surface area contributed by atoms with E-state index < -0.39 is 0 Å². The van der Waals surface area contributed by atoms with E-state index in [1.807, 2.05) is 12.1 Å². The van der Waals surface area contributed by atoms with Crippen molar-refractivity contribution in [1.82, 2.24) is 10.2 Å². The second-order valence-electron chi connectivity index (χ2n) is 7.70. The van der Waals surface area contributed by atoms with Crippen molar-refractivity contribution in [1.29, 1.82) is 0 Å². The first-order valence-electron chi connectivity index (χ1n) is 10.7. The Kier molecular flexibility index (Phi) is 10.5. The van der Waals surface area contributed by atoms with Crippen molar-refractivity contribution >= 4 is 12.4 Å². The number of hydrogen-bond donors (Lipinski definition) is 1. The molecule has 3 N–H and O–H groups in total. The van der Waals surface area contributed by atoms with Gasteiger partial charge in [-0.25, -0.2) is 0 Å². The van der Waals surface area contributed by atoms with E-state index in [0.29, 0.717) is 12.6 Å². The predicted molar refractivity (Wildman–Crippen MR) is 131 cm³/mol. The third-order valence-corrected chi connectivity index (χ3v) is 5.60. The smallest absolute Gasteiger partial charge is 0.127 e. The Hall–Kier alpha value is -2.37. The fraction of sp³-hybridized carbons (Fsp3) is 0.308. The molecule has 1 aliphatic heterocycles. The highest BCUT2D eigenvalue weighted by Crippen LogP contribution is 2.29. The number of nitrogens with one attached hydrogen (secondary N) is 1. The summed E-state index contributed by atoms with van der Waals surface area (Å²) in [5, 5.41) is 3.68. The first kappa shape index (κ1) is 24.9. The Morgan fingerprint density at radius 1 is 0.806 bits per heavy atom. The SMILES string of the molecule is Cl.O.c1ccc(CN2CCC(NCCOc3ccccc3-c3ccccc3)CC2)cc1. The second-order valence-corrected chi connectivity index (χ2v) is 7.70. The molecule has 0 radical (unpaired) electrons. The highest BCUT2D eigenvalue weighted by molar-refractivity contribution is 5.85. The lowest BCUT2D eigenvalue weighted by molar-refractivity contribution is 0.186. The Bertz CT molecular complexity index is 869. The standard InChI is InChI=1S/C26H30N2O.ClH.H2O/c1-3-9-22(10-4-1)21-28-18-15-24(16-19-28)27-17-20-29-26-14-8-7-13-25(26)23-11-5-2-6-12-23;;/h1-14,24,27H,15-21H2;1H;1H2. The van der Waals surface area contributed by atoms with E-state index in [2.05, 4.69) is 83.0 Å². The van der Waals surface area contributed by atoms with Crippen LogP contribution in [0.2, 0.25) is 0 Å². The Morgan fingerprint density at radius 2 is 1.42 bits per heavy atom. The minimum Gasteiger partial charge on any atom is -0.492 e. The Balaban J connectivity index is 0.00000171. The number of benzene rings is 3. The molecule has 0 atom stereocenters. The minimum absolute atomic E-state index is 0. The van der Waals surface area contributed by atoms with Crippen molar-refractivity contribution < 1.29 is 10.2 Å². The van der Waals surface area contributed by atoms with E-state index in [0.717, 1.165) is 37.5 Å². The molecule has 0 spiro atoms. The van der Waals surface area contributed by atoms with Crippen LogP contribution in [0.1, 0.15) is 18.4 Å². The van der Waals surface area contributed by atoms with E-state index in [1.165, 1.54) is 24.0 Å². The molecule has 0 saturated carbocycles. The first-order valence-corrected chi connectivity index (χ1v) is 10.7. The molecule has 0 aliphatic carbocycles. The lowest BCUT2D eigenvalue weighted by Crippen LogP contribution is -2.43. The van der Waals surface area contributed by atoms with Crippen LogP contribution in [0.3, 0.4) is 0 Å². The van der Waals surface area contributed by atoms with Gasteiger partial charge in [0.1, 0.15) is 12.4 Å².